The number of nitrogens with two attached hydrogens (primary N) is 1. The van der Waals surface area contributed by atoms with E-state index >= 15 is 0 Å². The van der Waals surface area contributed by atoms with Crippen molar-refractivity contribution in [2.75, 3.05) is 37.5 Å². The number of hydrogen-bond acceptors (Lipinski definition) is 11. The van der Waals surface area contributed by atoms with Gasteiger partial charge in [-0.25, -0.2) is 15.0 Å². The van der Waals surface area contributed by atoms with E-state index in [1.54, 1.807) is 9.47 Å². The second-order valence-electron chi connectivity index (χ2n) is 11.1. The normalized spacial score (nSPS) is 19.5. The second kappa shape index (κ2) is 14.2. The Kier molecular flexibility index (Phi) is 9.71. The van der Waals surface area contributed by atoms with Gasteiger partial charge in [-0.3, -0.25) is 4.57 Å². The summed E-state index contributed by atoms with van der Waals surface area (Å²) < 4.78 is 19.7. The first-order chi connectivity index (χ1) is 22.5. The molecule has 1 aliphatic heterocycles. The summed E-state index contributed by atoms with van der Waals surface area (Å²) in [4.78, 5) is 15.0. The van der Waals surface area contributed by atoms with Crippen LogP contribution in [0.25, 0.3) is 22.3 Å². The number of fused-ring (bicyclic) bond motifs is 1. The molecule has 0 bridgehead atoms. The molecule has 3 aromatic carbocycles. The lowest BCUT2D eigenvalue weighted by Crippen LogP contribution is -2.33. The molecule has 5 aromatic rings. The van der Waals surface area contributed by atoms with Crippen LogP contribution in [-0.4, -0.2) is 80.0 Å². The van der Waals surface area contributed by atoms with Gasteiger partial charge < -0.3 is 40.2 Å². The number of anilines is 3. The van der Waals surface area contributed by atoms with Crippen molar-refractivity contribution in [2.24, 2.45) is 0 Å². The van der Waals surface area contributed by atoms with Crippen LogP contribution in [0, 0.1) is 0 Å². The van der Waals surface area contributed by atoms with E-state index in [1.807, 2.05) is 85.9 Å². The molecular formula is C34H38N6O6. The fourth-order valence-corrected chi connectivity index (χ4v) is 5.54. The highest BCUT2D eigenvalue weighted by Crippen LogP contribution is 2.40. The van der Waals surface area contributed by atoms with Gasteiger partial charge in [0.2, 0.25) is 5.95 Å². The van der Waals surface area contributed by atoms with Gasteiger partial charge in [-0.1, -0.05) is 60.7 Å². The monoisotopic (exact) mass is 626 g/mol. The molecular weight excluding hydrogens is 588 g/mol. The highest BCUT2D eigenvalue weighted by atomic mass is 16.6. The summed E-state index contributed by atoms with van der Waals surface area (Å²) in [5, 5.41) is 31.1. The Labute approximate surface area is 266 Å². The molecule has 1 fully saturated rings. The summed E-state index contributed by atoms with van der Waals surface area (Å²) in [7, 11) is 1.81. The molecule has 0 radical (unpaired) electrons. The van der Waals surface area contributed by atoms with E-state index in [-0.39, 0.29) is 5.82 Å². The zero-order valence-electron chi connectivity index (χ0n) is 25.5. The van der Waals surface area contributed by atoms with Crippen molar-refractivity contribution in [1.82, 2.24) is 19.5 Å². The Hall–Kier alpha value is -4.59. The third-order valence-corrected chi connectivity index (χ3v) is 8.05. The van der Waals surface area contributed by atoms with E-state index in [2.05, 4.69) is 9.97 Å². The van der Waals surface area contributed by atoms with Crippen LogP contribution in [0.1, 0.15) is 24.6 Å². The maximum Gasteiger partial charge on any atom is 0.214 e. The lowest BCUT2D eigenvalue weighted by Gasteiger charge is -2.25. The van der Waals surface area contributed by atoms with Crippen LogP contribution in [0.3, 0.4) is 0 Å². The Morgan fingerprint density at radius 3 is 2.41 bits per heavy atom. The van der Waals surface area contributed by atoms with Crippen LogP contribution >= 0.6 is 0 Å². The third kappa shape index (κ3) is 6.52. The summed E-state index contributed by atoms with van der Waals surface area (Å²) in [6, 6.07) is 26.0. The van der Waals surface area contributed by atoms with Crippen molar-refractivity contribution in [3.63, 3.8) is 0 Å². The van der Waals surface area contributed by atoms with Gasteiger partial charge in [0, 0.05) is 31.0 Å². The molecule has 0 aliphatic carbocycles. The number of ether oxygens (including phenoxy) is 3. The number of rotatable bonds is 13. The molecule has 240 valence electrons. The number of aliphatic hydroxyl groups is 3. The summed E-state index contributed by atoms with van der Waals surface area (Å²) in [6.07, 6.45) is -1.77. The average molecular weight is 627 g/mol. The van der Waals surface area contributed by atoms with Gasteiger partial charge in [0.15, 0.2) is 23.2 Å². The molecule has 12 nitrogen and oxygen atoms in total. The van der Waals surface area contributed by atoms with Crippen LogP contribution in [-0.2, 0) is 16.1 Å². The largest absolute Gasteiger partial charge is 0.493 e. The number of aliphatic hydroxyl groups excluding tert-OH is 3. The molecule has 46 heavy (non-hydrogen) atoms. The Bertz CT molecular complexity index is 1740. The van der Waals surface area contributed by atoms with Crippen LogP contribution in [0.2, 0.25) is 0 Å². The van der Waals surface area contributed by atoms with Crippen LogP contribution in [0.4, 0.5) is 17.5 Å². The van der Waals surface area contributed by atoms with Gasteiger partial charge in [0.25, 0.3) is 0 Å². The minimum atomic E-state index is -1.35. The van der Waals surface area contributed by atoms with E-state index in [9.17, 15) is 15.3 Å². The second-order valence-corrected chi connectivity index (χ2v) is 11.1. The van der Waals surface area contributed by atoms with Gasteiger partial charge in [0.05, 0.1) is 19.8 Å². The first-order valence-corrected chi connectivity index (χ1v) is 15.2. The van der Waals surface area contributed by atoms with E-state index in [0.29, 0.717) is 42.7 Å². The molecule has 1 aliphatic rings. The zero-order chi connectivity index (χ0) is 32.0. The number of hydrogen-bond donors (Lipinski definition) is 4. The zero-order valence-corrected chi connectivity index (χ0v) is 25.5. The number of imidazole rings is 1. The van der Waals surface area contributed by atoms with Crippen LogP contribution in [0.15, 0.2) is 85.2 Å². The van der Waals surface area contributed by atoms with Crippen molar-refractivity contribution in [2.45, 2.75) is 44.0 Å². The van der Waals surface area contributed by atoms with Gasteiger partial charge in [-0.2, -0.15) is 0 Å². The molecule has 2 aromatic heterocycles. The molecule has 4 atom stereocenters. The van der Waals surface area contributed by atoms with E-state index in [0.717, 1.165) is 35.2 Å². The summed E-state index contributed by atoms with van der Waals surface area (Å²) in [5.74, 6) is 1.18. The number of aromatic nitrogens is 4. The highest BCUT2D eigenvalue weighted by Gasteiger charge is 2.45. The summed E-state index contributed by atoms with van der Waals surface area (Å²) in [6.45, 7) is 1.24. The predicted molar refractivity (Wildman–Crippen MR) is 174 cm³/mol. The van der Waals surface area contributed by atoms with Crippen molar-refractivity contribution in [3.05, 3.63) is 90.8 Å². The molecule has 0 saturated carbocycles. The van der Waals surface area contributed by atoms with Gasteiger partial charge in [-0.15, -0.1) is 0 Å². The van der Waals surface area contributed by atoms with E-state index in [1.165, 1.54) is 6.33 Å². The molecule has 0 unspecified atom stereocenters. The van der Waals surface area contributed by atoms with Gasteiger partial charge >= 0.3 is 0 Å². The van der Waals surface area contributed by atoms with Crippen molar-refractivity contribution >= 4 is 28.6 Å². The number of unbranched alkanes of at least 4 members (excludes halogenated alkanes) is 1. The van der Waals surface area contributed by atoms with Crippen molar-refractivity contribution in [3.8, 4) is 16.9 Å². The maximum absolute atomic E-state index is 10.9. The quantitative estimate of drug-likeness (QED) is 0.141. The molecule has 12 heteroatoms. The standard InChI is InChI=1S/C34H38N6O6/c1-39(34-38-28-31(35)36-21-37-32(28)40(34)33-30(43)29(42)27(19-41)46-33)24-14-15-25(23-12-6-3-7-13-23)26(18-24)45-17-9-8-16-44-20-22-10-4-2-5-11-22/h2-7,10-15,18,21,27,29-30,33,41-43H,8-9,16-17,19-20H2,1H3,(H2,35,36,37)/t27-,29-,30-,33-/m1/s1. The maximum atomic E-state index is 10.9. The van der Waals surface area contributed by atoms with E-state index in [4.69, 9.17) is 24.9 Å². The fraction of sp³-hybridized carbons (Fsp3) is 0.324. The van der Waals surface area contributed by atoms with E-state index < -0.39 is 31.1 Å². The Balaban J connectivity index is 1.25. The minimum Gasteiger partial charge on any atom is -0.493 e. The lowest BCUT2D eigenvalue weighted by atomic mass is 10.0. The number of nitrogen functional groups attached to an aromatic ring is 1. The summed E-state index contributed by atoms with van der Waals surface area (Å²) >= 11 is 0. The molecule has 1 saturated heterocycles. The number of benzene rings is 3. The van der Waals surface area contributed by atoms with Crippen LogP contribution < -0.4 is 15.4 Å². The average Bonchev–Trinajstić information content (AvgIpc) is 3.61. The summed E-state index contributed by atoms with van der Waals surface area (Å²) in [5.41, 5.74) is 10.6. The topological polar surface area (TPSA) is 161 Å². The first kappa shape index (κ1) is 31.4. The van der Waals surface area contributed by atoms with Crippen molar-refractivity contribution in [1.29, 1.82) is 0 Å². The highest BCUT2D eigenvalue weighted by molar-refractivity contribution is 5.85. The SMILES string of the molecule is CN(c1ccc(-c2ccccc2)c(OCCCCOCc2ccccc2)c1)c1nc2c(N)ncnc2n1[C@@H]1O[C@H](CO)[C@@H](O)[C@H]1O. The van der Waals surface area contributed by atoms with Crippen molar-refractivity contribution < 1.29 is 29.5 Å². The van der Waals surface area contributed by atoms with Crippen LogP contribution in [0.5, 0.6) is 5.75 Å². The number of nitrogens with zero attached hydrogens (tertiary/aromatic N) is 5. The van der Waals surface area contributed by atoms with Gasteiger partial charge in [0.1, 0.15) is 30.4 Å². The Morgan fingerprint density at radius 1 is 0.935 bits per heavy atom. The van der Waals surface area contributed by atoms with Gasteiger partial charge in [-0.05, 0) is 36.1 Å². The third-order valence-electron chi connectivity index (χ3n) is 8.05. The lowest BCUT2D eigenvalue weighted by molar-refractivity contribution is -0.0503. The first-order valence-electron chi connectivity index (χ1n) is 15.2. The minimum absolute atomic E-state index is 0.154. The predicted octanol–water partition coefficient (Wildman–Crippen LogP) is 3.83. The molecule has 0 spiro atoms. The molecule has 3 heterocycles. The fourth-order valence-electron chi connectivity index (χ4n) is 5.54. The molecule has 6 rings (SSSR count). The Morgan fingerprint density at radius 2 is 1.67 bits per heavy atom. The molecule has 5 N–H and O–H groups in total. The molecule has 0 amide bonds. The smallest absolute Gasteiger partial charge is 0.214 e.